The first-order chi connectivity index (χ1) is 6.35. The van der Waals surface area contributed by atoms with E-state index in [0.717, 1.165) is 19.3 Å². The maximum Gasteiger partial charge on any atom is 0.295 e. The van der Waals surface area contributed by atoms with Crippen LogP contribution in [0.3, 0.4) is 0 Å². The summed E-state index contributed by atoms with van der Waals surface area (Å²) in [5.74, 6) is 0. The molecule has 0 saturated carbocycles. The molecule has 72 valence electrons. The van der Waals surface area contributed by atoms with Crippen molar-refractivity contribution in [2.24, 2.45) is 0 Å². The molecule has 1 N–H and O–H groups in total. The van der Waals surface area contributed by atoms with E-state index in [1.165, 1.54) is 0 Å². The van der Waals surface area contributed by atoms with Crippen LogP contribution in [0.15, 0.2) is 24.3 Å². The van der Waals surface area contributed by atoms with E-state index in [4.69, 9.17) is 10.6 Å². The Balaban J connectivity index is 0.000000252. The van der Waals surface area contributed by atoms with Crippen LogP contribution in [0, 0.1) is 0 Å². The van der Waals surface area contributed by atoms with Gasteiger partial charge in [-0.25, -0.2) is 0 Å². The lowest BCUT2D eigenvalue weighted by atomic mass is 10.2. The largest absolute Gasteiger partial charge is 0.396 e. The molecule has 0 spiro atoms. The van der Waals surface area contributed by atoms with Gasteiger partial charge >= 0.3 is 0 Å². The Kier molecular flexibility index (Phi) is 8.10. The van der Waals surface area contributed by atoms with Gasteiger partial charge in [0, 0.05) is 12.7 Å². The molecule has 0 fully saturated rings. The maximum atomic E-state index is 8.19. The van der Waals surface area contributed by atoms with Crippen molar-refractivity contribution in [2.75, 3.05) is 6.61 Å². The lowest BCUT2D eigenvalue weighted by Gasteiger charge is -1.85. The number of aliphatic hydroxyl groups is 1. The average Bonchev–Trinajstić information content (AvgIpc) is 2.21. The summed E-state index contributed by atoms with van der Waals surface area (Å²) >= 11 is 0. The van der Waals surface area contributed by atoms with Crippen LogP contribution in [0.25, 0.3) is 5.53 Å². The molecule has 3 nitrogen and oxygen atoms in total. The molecular formula is C10H16N2O. The van der Waals surface area contributed by atoms with Gasteiger partial charge in [-0.3, -0.25) is 0 Å². The van der Waals surface area contributed by atoms with E-state index >= 15 is 0 Å². The molecule has 1 aliphatic carbocycles. The molecule has 1 aliphatic rings. The van der Waals surface area contributed by atoms with Gasteiger partial charge in [0.15, 0.2) is 0 Å². The number of hydrogen-bond acceptors (Lipinski definition) is 1. The zero-order valence-corrected chi connectivity index (χ0v) is 7.98. The lowest BCUT2D eigenvalue weighted by molar-refractivity contribution is -0.00537. The lowest BCUT2D eigenvalue weighted by Crippen LogP contribution is -1.93. The molecule has 0 aromatic heterocycles. The highest BCUT2D eigenvalue weighted by Crippen LogP contribution is 1.94. The second kappa shape index (κ2) is 8.91. The molecule has 1 rings (SSSR count). The SMILES string of the molecule is CCCCO.[N-]=[N+]=C1C=CC=CC1. The topological polar surface area (TPSA) is 56.6 Å². The highest BCUT2D eigenvalue weighted by atomic mass is 16.2. The number of allylic oxidation sites excluding steroid dienone is 4. The molecule has 0 heterocycles. The quantitative estimate of drug-likeness (QED) is 0.512. The van der Waals surface area contributed by atoms with Crippen LogP contribution < -0.4 is 0 Å². The molecular weight excluding hydrogens is 164 g/mol. The van der Waals surface area contributed by atoms with Crippen molar-refractivity contribution in [1.82, 2.24) is 0 Å². The van der Waals surface area contributed by atoms with Gasteiger partial charge in [-0.2, -0.15) is 4.79 Å². The fourth-order valence-corrected chi connectivity index (χ4v) is 0.734. The molecule has 3 heteroatoms. The van der Waals surface area contributed by atoms with Crippen molar-refractivity contribution in [1.29, 1.82) is 0 Å². The third-order valence-electron chi connectivity index (χ3n) is 1.50. The van der Waals surface area contributed by atoms with Crippen molar-refractivity contribution in [2.45, 2.75) is 26.2 Å². The molecule has 0 amide bonds. The minimum atomic E-state index is 0.344. The van der Waals surface area contributed by atoms with Crippen molar-refractivity contribution in [3.63, 3.8) is 0 Å². The highest BCUT2D eigenvalue weighted by Gasteiger charge is 1.99. The van der Waals surface area contributed by atoms with E-state index in [1.807, 2.05) is 18.2 Å². The van der Waals surface area contributed by atoms with Crippen molar-refractivity contribution < 1.29 is 9.90 Å². The predicted molar refractivity (Wildman–Crippen MR) is 53.5 cm³/mol. The molecule has 0 bridgehead atoms. The number of nitrogens with zero attached hydrogens (tertiary/aromatic N) is 2. The molecule has 0 aliphatic heterocycles. The summed E-state index contributed by atoms with van der Waals surface area (Å²) in [6.45, 7) is 2.40. The molecule has 0 saturated heterocycles. The Labute approximate surface area is 79.0 Å². The van der Waals surface area contributed by atoms with E-state index in [0.29, 0.717) is 12.3 Å². The van der Waals surface area contributed by atoms with Crippen molar-refractivity contribution in [3.8, 4) is 0 Å². The molecule has 13 heavy (non-hydrogen) atoms. The standard InChI is InChI=1S/C6H6N2.C4H10O/c7-8-6-4-2-1-3-5-6;1-2-3-4-5/h1-4H,5H2;5H,2-4H2,1H3. The van der Waals surface area contributed by atoms with E-state index in [-0.39, 0.29) is 0 Å². The van der Waals surface area contributed by atoms with Gasteiger partial charge < -0.3 is 10.6 Å². The summed E-state index contributed by atoms with van der Waals surface area (Å²) < 4.78 is 0. The highest BCUT2D eigenvalue weighted by molar-refractivity contribution is 5.92. The number of aliphatic hydroxyl groups excluding tert-OH is 1. The van der Waals surface area contributed by atoms with Gasteiger partial charge in [0.05, 0.1) is 6.42 Å². The van der Waals surface area contributed by atoms with Gasteiger partial charge in [0.1, 0.15) is 0 Å². The number of hydrogen-bond donors (Lipinski definition) is 1. The maximum absolute atomic E-state index is 8.19. The van der Waals surface area contributed by atoms with E-state index in [9.17, 15) is 0 Å². The smallest absolute Gasteiger partial charge is 0.295 e. The van der Waals surface area contributed by atoms with Gasteiger partial charge in [0.25, 0.3) is 5.71 Å². The van der Waals surface area contributed by atoms with Crippen LogP contribution in [-0.4, -0.2) is 22.2 Å². The third-order valence-corrected chi connectivity index (χ3v) is 1.50. The molecule has 0 aromatic rings. The summed E-state index contributed by atoms with van der Waals surface area (Å²) in [4.78, 5) is 3.03. The van der Waals surface area contributed by atoms with Crippen LogP contribution in [-0.2, 0) is 0 Å². The van der Waals surface area contributed by atoms with Crippen molar-refractivity contribution >= 4 is 5.71 Å². The summed E-state index contributed by atoms with van der Waals surface area (Å²) in [5, 5.41) is 8.07. The minimum absolute atomic E-state index is 0.344. The Morgan fingerprint density at radius 2 is 2.31 bits per heavy atom. The first-order valence-electron chi connectivity index (χ1n) is 4.50. The summed E-state index contributed by atoms with van der Waals surface area (Å²) in [6.07, 6.45) is 10.3. The van der Waals surface area contributed by atoms with E-state index in [2.05, 4.69) is 11.7 Å². The molecule has 0 radical (unpaired) electrons. The predicted octanol–water partition coefficient (Wildman–Crippen LogP) is 1.95. The van der Waals surface area contributed by atoms with E-state index in [1.54, 1.807) is 6.08 Å². The fraction of sp³-hybridized carbons (Fsp3) is 0.500. The Morgan fingerprint density at radius 3 is 2.54 bits per heavy atom. The normalized spacial score (nSPS) is 13.2. The summed E-state index contributed by atoms with van der Waals surface area (Å²) in [6, 6.07) is 0. The number of rotatable bonds is 2. The number of unbranched alkanes of at least 4 members (excludes halogenated alkanes) is 1. The van der Waals surface area contributed by atoms with Gasteiger partial charge in [0.2, 0.25) is 0 Å². The average molecular weight is 180 g/mol. The molecule has 0 unspecified atom stereocenters. The van der Waals surface area contributed by atoms with Gasteiger partial charge in [-0.05, 0) is 6.42 Å². The second-order valence-corrected chi connectivity index (χ2v) is 2.66. The molecule has 0 aromatic carbocycles. The summed E-state index contributed by atoms with van der Waals surface area (Å²) in [5.41, 5.74) is 8.91. The first-order valence-corrected chi connectivity index (χ1v) is 4.50. The second-order valence-electron chi connectivity index (χ2n) is 2.66. The zero-order valence-electron chi connectivity index (χ0n) is 7.98. The van der Waals surface area contributed by atoms with Gasteiger partial charge in [-0.1, -0.05) is 31.6 Å². The third kappa shape index (κ3) is 7.19. The molecule has 0 atom stereocenters. The Hall–Kier alpha value is -1.18. The van der Waals surface area contributed by atoms with Crippen LogP contribution in [0.2, 0.25) is 0 Å². The Bertz CT molecular complexity index is 223. The van der Waals surface area contributed by atoms with Crippen LogP contribution >= 0.6 is 0 Å². The fourth-order valence-electron chi connectivity index (χ4n) is 0.734. The first kappa shape index (κ1) is 11.8. The van der Waals surface area contributed by atoms with Crippen LogP contribution in [0.5, 0.6) is 0 Å². The van der Waals surface area contributed by atoms with E-state index < -0.39 is 0 Å². The monoisotopic (exact) mass is 180 g/mol. The minimum Gasteiger partial charge on any atom is -0.396 e. The Morgan fingerprint density at radius 1 is 1.54 bits per heavy atom. The van der Waals surface area contributed by atoms with Gasteiger partial charge in [-0.15, -0.1) is 0 Å². The summed E-state index contributed by atoms with van der Waals surface area (Å²) in [7, 11) is 0. The van der Waals surface area contributed by atoms with Crippen LogP contribution in [0.1, 0.15) is 26.2 Å². The van der Waals surface area contributed by atoms with Crippen molar-refractivity contribution in [3.05, 3.63) is 29.8 Å². The van der Waals surface area contributed by atoms with Crippen LogP contribution in [0.4, 0.5) is 0 Å². The zero-order chi connectivity index (χ0) is 9.94.